The molecule has 4 aromatic heterocycles. The van der Waals surface area contributed by atoms with Crippen molar-refractivity contribution in [2.75, 3.05) is 43.2 Å². The molecule has 1 fully saturated rings. The summed E-state index contributed by atoms with van der Waals surface area (Å²) in [6.45, 7) is 2.17. The maximum atomic E-state index is 11.3. The van der Waals surface area contributed by atoms with Crippen LogP contribution in [0.25, 0.3) is 28.1 Å². The lowest BCUT2D eigenvalue weighted by molar-refractivity contribution is 0.203. The van der Waals surface area contributed by atoms with E-state index in [-0.39, 0.29) is 19.0 Å². The third kappa shape index (κ3) is 4.71. The average Bonchev–Trinajstić information content (AvgIpc) is 3.45. The lowest BCUT2D eigenvalue weighted by Crippen LogP contribution is -2.35. The summed E-state index contributed by atoms with van der Waals surface area (Å²) in [4.78, 5) is 11.3. The van der Waals surface area contributed by atoms with E-state index in [1.54, 1.807) is 29.0 Å². The van der Waals surface area contributed by atoms with E-state index in [2.05, 4.69) is 20.0 Å². The molecule has 1 saturated heterocycles. The van der Waals surface area contributed by atoms with Crippen molar-refractivity contribution in [2.24, 2.45) is 5.92 Å². The Morgan fingerprint density at radius 1 is 1.21 bits per heavy atom. The van der Waals surface area contributed by atoms with Crippen LogP contribution in [0.1, 0.15) is 19.3 Å². The van der Waals surface area contributed by atoms with Crippen molar-refractivity contribution in [3.8, 4) is 17.3 Å². The van der Waals surface area contributed by atoms with Crippen molar-refractivity contribution in [1.29, 1.82) is 0 Å². The number of nitrogens with zero attached hydrogens (tertiary/aromatic N) is 5. The van der Waals surface area contributed by atoms with Crippen molar-refractivity contribution in [2.45, 2.75) is 19.3 Å². The minimum atomic E-state index is -3.02. The Morgan fingerprint density at radius 3 is 2.79 bits per heavy atom. The van der Waals surface area contributed by atoms with Gasteiger partial charge in [0.15, 0.2) is 11.4 Å². The van der Waals surface area contributed by atoms with Crippen molar-refractivity contribution in [1.82, 2.24) is 19.6 Å². The first-order valence-electron chi connectivity index (χ1n) is 11.3. The largest absolute Gasteiger partial charge is 0.477 e. The number of imidazole rings is 1. The summed E-state index contributed by atoms with van der Waals surface area (Å²) in [6, 6.07) is 7.31. The highest BCUT2D eigenvalue weighted by Crippen LogP contribution is 2.34. The number of aliphatic hydroxyl groups excluding tert-OH is 1. The third-order valence-electron chi connectivity index (χ3n) is 6.10. The zero-order chi connectivity index (χ0) is 23.7. The van der Waals surface area contributed by atoms with E-state index in [9.17, 15) is 13.5 Å². The predicted octanol–water partition coefficient (Wildman–Crippen LogP) is 2.56. The Labute approximate surface area is 197 Å². The zero-order valence-electron chi connectivity index (χ0n) is 18.9. The fraction of sp³-hybridized carbons (Fsp3) is 0.435. The van der Waals surface area contributed by atoms with E-state index in [0.29, 0.717) is 35.3 Å². The lowest BCUT2D eigenvalue weighted by Gasteiger charge is -2.32. The number of rotatable bonds is 8. The Kier molecular flexibility index (Phi) is 6.13. The van der Waals surface area contributed by atoms with E-state index >= 15 is 0 Å². The summed E-state index contributed by atoms with van der Waals surface area (Å²) in [6.07, 6.45) is 6.92. The number of anilines is 1. The van der Waals surface area contributed by atoms with Gasteiger partial charge in [-0.2, -0.15) is 0 Å². The topological polar surface area (TPSA) is 123 Å². The van der Waals surface area contributed by atoms with Crippen LogP contribution >= 0.6 is 0 Å². The molecule has 4 aromatic rings. The summed E-state index contributed by atoms with van der Waals surface area (Å²) in [7, 11) is -3.02. The number of hydrogen-bond acceptors (Lipinski definition) is 9. The number of furan rings is 1. The molecule has 11 heteroatoms. The number of aromatic nitrogens is 4. The molecule has 0 unspecified atom stereocenters. The number of hydrogen-bond donors (Lipinski definition) is 1. The van der Waals surface area contributed by atoms with Crippen molar-refractivity contribution >= 4 is 32.3 Å². The van der Waals surface area contributed by atoms with Crippen LogP contribution in [0, 0.1) is 5.92 Å². The van der Waals surface area contributed by atoms with Crippen LogP contribution in [0.5, 0.6) is 5.88 Å². The Balaban J connectivity index is 1.41. The monoisotopic (exact) mass is 485 g/mol. The molecule has 34 heavy (non-hydrogen) atoms. The zero-order valence-corrected chi connectivity index (χ0v) is 19.7. The van der Waals surface area contributed by atoms with Crippen LogP contribution in [0.3, 0.4) is 0 Å². The van der Waals surface area contributed by atoms with Gasteiger partial charge in [0, 0.05) is 38.2 Å². The first-order valence-corrected chi connectivity index (χ1v) is 13.4. The van der Waals surface area contributed by atoms with E-state index in [0.717, 1.165) is 42.7 Å². The lowest BCUT2D eigenvalue weighted by atomic mass is 9.98. The molecule has 0 bridgehead atoms. The minimum absolute atomic E-state index is 0.0681. The van der Waals surface area contributed by atoms with Gasteiger partial charge in [-0.05, 0) is 43.4 Å². The molecule has 1 aliphatic heterocycles. The van der Waals surface area contributed by atoms with Gasteiger partial charge in [-0.3, -0.25) is 0 Å². The van der Waals surface area contributed by atoms with Gasteiger partial charge in [-0.15, -0.1) is 5.10 Å². The van der Waals surface area contributed by atoms with Crippen molar-refractivity contribution in [3.05, 3.63) is 36.7 Å². The Morgan fingerprint density at radius 2 is 2.03 bits per heavy atom. The van der Waals surface area contributed by atoms with Gasteiger partial charge in [0.25, 0.3) is 0 Å². The van der Waals surface area contributed by atoms with E-state index in [1.165, 1.54) is 6.26 Å². The van der Waals surface area contributed by atoms with Gasteiger partial charge in [0.2, 0.25) is 5.88 Å². The molecule has 5 heterocycles. The maximum Gasteiger partial charge on any atom is 0.231 e. The molecule has 0 spiro atoms. The van der Waals surface area contributed by atoms with Gasteiger partial charge >= 0.3 is 0 Å². The highest BCUT2D eigenvalue weighted by atomic mass is 32.2. The first kappa shape index (κ1) is 22.6. The summed E-state index contributed by atoms with van der Waals surface area (Å²) in [5.74, 6) is 2.29. The number of fused-ring (bicyclic) bond motifs is 2. The summed E-state index contributed by atoms with van der Waals surface area (Å²) >= 11 is 0. The number of piperidine rings is 1. The molecule has 0 aromatic carbocycles. The van der Waals surface area contributed by atoms with E-state index in [4.69, 9.17) is 9.15 Å². The molecule has 0 amide bonds. The maximum absolute atomic E-state index is 11.3. The SMILES string of the molecule is CS(=O)(=O)CCCOc1ccc2ncc(-c3cc4c(N5CCC(CO)CC5)nccc4o3)n2n1. The second-order valence-corrected chi connectivity index (χ2v) is 10.9. The molecular weight excluding hydrogens is 458 g/mol. The van der Waals surface area contributed by atoms with Gasteiger partial charge < -0.3 is 19.2 Å². The van der Waals surface area contributed by atoms with Gasteiger partial charge in [-0.25, -0.2) is 22.9 Å². The minimum Gasteiger partial charge on any atom is -0.477 e. The molecule has 0 aliphatic carbocycles. The molecule has 1 N–H and O–H groups in total. The highest BCUT2D eigenvalue weighted by molar-refractivity contribution is 7.90. The van der Waals surface area contributed by atoms with Gasteiger partial charge in [0.1, 0.15) is 26.9 Å². The van der Waals surface area contributed by atoms with E-state index in [1.807, 2.05) is 12.1 Å². The van der Waals surface area contributed by atoms with Gasteiger partial charge in [0.05, 0.1) is 23.9 Å². The van der Waals surface area contributed by atoms with E-state index < -0.39 is 9.84 Å². The van der Waals surface area contributed by atoms with Crippen LogP contribution in [-0.2, 0) is 9.84 Å². The number of pyridine rings is 1. The standard InChI is InChI=1S/C23H27N5O5S/c1-34(30,31)12-2-11-32-22-4-3-21-25-14-18(28(21)26-22)20-13-17-19(33-20)5-8-24-23(17)27-9-6-16(15-29)7-10-27/h3-5,8,13-14,16,29H,2,6-7,9-12,15H2,1H3. The Bertz CT molecular complexity index is 1410. The van der Waals surface area contributed by atoms with Crippen LogP contribution in [0.2, 0.25) is 0 Å². The molecule has 10 nitrogen and oxygen atoms in total. The smallest absolute Gasteiger partial charge is 0.231 e. The number of ether oxygens (including phenoxy) is 1. The molecule has 180 valence electrons. The summed E-state index contributed by atoms with van der Waals surface area (Å²) < 4.78 is 36.1. The molecule has 1 aliphatic rings. The number of sulfone groups is 1. The van der Waals surface area contributed by atoms with Crippen molar-refractivity contribution in [3.63, 3.8) is 0 Å². The molecule has 0 atom stereocenters. The first-order chi connectivity index (χ1) is 16.4. The second kappa shape index (κ2) is 9.22. The fourth-order valence-corrected chi connectivity index (χ4v) is 4.90. The molecular formula is C23H27N5O5S. The normalized spacial score (nSPS) is 15.4. The summed E-state index contributed by atoms with van der Waals surface area (Å²) in [5, 5.41) is 14.9. The van der Waals surface area contributed by atoms with Gasteiger partial charge in [-0.1, -0.05) is 0 Å². The Hall–Kier alpha value is -3.18. The molecule has 5 rings (SSSR count). The van der Waals surface area contributed by atoms with Crippen LogP contribution < -0.4 is 9.64 Å². The second-order valence-electron chi connectivity index (χ2n) is 8.69. The van der Waals surface area contributed by atoms with Crippen LogP contribution in [-0.4, -0.2) is 71.4 Å². The quantitative estimate of drug-likeness (QED) is 0.375. The molecule has 0 radical (unpaired) electrons. The predicted molar refractivity (Wildman–Crippen MR) is 128 cm³/mol. The van der Waals surface area contributed by atoms with Crippen molar-refractivity contribution < 1.29 is 22.7 Å². The fourth-order valence-electron chi connectivity index (χ4n) is 4.25. The number of aliphatic hydroxyl groups is 1. The average molecular weight is 486 g/mol. The molecule has 0 saturated carbocycles. The van der Waals surface area contributed by atoms with Crippen LogP contribution in [0.15, 0.2) is 41.1 Å². The van der Waals surface area contributed by atoms with Crippen LogP contribution in [0.4, 0.5) is 5.82 Å². The highest BCUT2D eigenvalue weighted by Gasteiger charge is 2.23. The third-order valence-corrected chi connectivity index (χ3v) is 7.13. The summed E-state index contributed by atoms with van der Waals surface area (Å²) in [5.41, 5.74) is 2.05.